The molecule has 152 valence electrons. The van der Waals surface area contributed by atoms with Crippen LogP contribution in [-0.2, 0) is 4.18 Å². The highest BCUT2D eigenvalue weighted by Crippen LogP contribution is 2.38. The molecule has 0 fully saturated rings. The lowest BCUT2D eigenvalue weighted by Crippen LogP contribution is -2.38. The minimum absolute atomic E-state index is 0.123. The standard InChI is InChI=1S/C17H16F4N2O3S2/c1-25-28-23(15-8-7-13(11-14(15)18)27-17(19,20)21)16(24)22-9-10-26-12-5-3-2-4-6-12/h2-8,11H,9-10H2,1H3,(H,22,24). The number of benzene rings is 2. The first-order valence-corrected chi connectivity index (χ1v) is 9.33. The molecule has 0 aliphatic heterocycles. The number of anilines is 1. The highest BCUT2D eigenvalue weighted by molar-refractivity contribution is 8.00. The predicted octanol–water partition coefficient (Wildman–Crippen LogP) is 5.24. The van der Waals surface area contributed by atoms with Gasteiger partial charge in [0.15, 0.2) is 0 Å². The van der Waals surface area contributed by atoms with Gasteiger partial charge in [-0.2, -0.15) is 13.2 Å². The Kier molecular flexibility index (Phi) is 8.27. The van der Waals surface area contributed by atoms with Crippen molar-refractivity contribution in [3.63, 3.8) is 0 Å². The molecule has 2 rings (SSSR count). The van der Waals surface area contributed by atoms with Crippen molar-refractivity contribution < 1.29 is 31.3 Å². The van der Waals surface area contributed by atoms with Crippen molar-refractivity contribution in [2.75, 3.05) is 24.6 Å². The van der Waals surface area contributed by atoms with Crippen LogP contribution in [0.15, 0.2) is 53.4 Å². The summed E-state index contributed by atoms with van der Waals surface area (Å²) in [7, 11) is 1.27. The first kappa shape index (κ1) is 22.2. The lowest BCUT2D eigenvalue weighted by molar-refractivity contribution is -0.0328. The molecule has 0 spiro atoms. The van der Waals surface area contributed by atoms with Crippen LogP contribution in [0, 0.1) is 5.82 Å². The molecule has 0 radical (unpaired) electrons. The van der Waals surface area contributed by atoms with E-state index in [1.165, 1.54) is 7.11 Å². The summed E-state index contributed by atoms with van der Waals surface area (Å²) < 4.78 is 62.6. The lowest BCUT2D eigenvalue weighted by atomic mass is 10.3. The first-order chi connectivity index (χ1) is 13.3. The van der Waals surface area contributed by atoms with Gasteiger partial charge >= 0.3 is 11.5 Å². The molecule has 5 nitrogen and oxygen atoms in total. The number of nitrogens with zero attached hydrogens (tertiary/aromatic N) is 1. The van der Waals surface area contributed by atoms with E-state index in [0.29, 0.717) is 24.0 Å². The number of thioether (sulfide) groups is 1. The maximum Gasteiger partial charge on any atom is 0.446 e. The number of urea groups is 1. The topological polar surface area (TPSA) is 50.8 Å². The van der Waals surface area contributed by atoms with Crippen LogP contribution >= 0.6 is 24.0 Å². The molecule has 0 aromatic heterocycles. The minimum Gasteiger partial charge on any atom is -0.492 e. The van der Waals surface area contributed by atoms with Crippen LogP contribution in [-0.4, -0.2) is 31.8 Å². The highest BCUT2D eigenvalue weighted by atomic mass is 32.2. The number of hydrogen-bond donors (Lipinski definition) is 1. The van der Waals surface area contributed by atoms with E-state index < -0.39 is 29.1 Å². The third kappa shape index (κ3) is 7.13. The fourth-order valence-corrected chi connectivity index (χ4v) is 3.10. The minimum atomic E-state index is -4.54. The second kappa shape index (κ2) is 10.4. The Bertz CT molecular complexity index is 779. The number of halogens is 4. The molecule has 11 heteroatoms. The van der Waals surface area contributed by atoms with Crippen molar-refractivity contribution in [3.8, 4) is 5.75 Å². The van der Waals surface area contributed by atoms with Crippen molar-refractivity contribution in [1.82, 2.24) is 5.32 Å². The summed E-state index contributed by atoms with van der Waals surface area (Å²) in [4.78, 5) is 12.0. The highest BCUT2D eigenvalue weighted by Gasteiger charge is 2.30. The Labute approximate surface area is 167 Å². The predicted molar refractivity (Wildman–Crippen MR) is 101 cm³/mol. The zero-order chi connectivity index (χ0) is 20.6. The molecule has 0 saturated heterocycles. The Hall–Kier alpha value is -2.11. The number of para-hydroxylation sites is 1. The van der Waals surface area contributed by atoms with Gasteiger partial charge in [0, 0.05) is 4.90 Å². The summed E-state index contributed by atoms with van der Waals surface area (Å²) in [6.07, 6.45) is 0. The molecular weight excluding hydrogens is 420 g/mol. The Balaban J connectivity index is 1.98. The van der Waals surface area contributed by atoms with Crippen LogP contribution in [0.25, 0.3) is 0 Å². The monoisotopic (exact) mass is 436 g/mol. The number of rotatable bonds is 8. The molecule has 2 aromatic carbocycles. The van der Waals surface area contributed by atoms with E-state index in [9.17, 15) is 22.4 Å². The van der Waals surface area contributed by atoms with Gasteiger partial charge in [-0.25, -0.2) is 13.5 Å². The molecular formula is C17H16F4N2O3S2. The number of carbonyl (C=O) groups is 1. The maximum atomic E-state index is 14.3. The number of carbonyl (C=O) groups excluding carboxylic acids is 1. The molecule has 1 N–H and O–H groups in total. The van der Waals surface area contributed by atoms with Crippen molar-refractivity contribution in [1.29, 1.82) is 0 Å². The zero-order valence-electron chi connectivity index (χ0n) is 14.5. The van der Waals surface area contributed by atoms with Crippen LogP contribution in [0.5, 0.6) is 5.75 Å². The van der Waals surface area contributed by atoms with Gasteiger partial charge in [-0.05, 0) is 42.1 Å². The van der Waals surface area contributed by atoms with Crippen molar-refractivity contribution >= 4 is 35.7 Å². The van der Waals surface area contributed by atoms with Gasteiger partial charge in [0.2, 0.25) is 0 Å². The fourth-order valence-electron chi connectivity index (χ4n) is 2.02. The average molecular weight is 436 g/mol. The third-order valence-corrected chi connectivity index (χ3v) is 4.48. The molecule has 2 amide bonds. The molecule has 0 saturated carbocycles. The molecule has 0 heterocycles. The summed E-state index contributed by atoms with van der Waals surface area (Å²) in [5.74, 6) is -0.363. The van der Waals surface area contributed by atoms with Gasteiger partial charge in [-0.15, -0.1) is 0 Å². The van der Waals surface area contributed by atoms with Crippen molar-refractivity contribution in [3.05, 3.63) is 54.3 Å². The van der Waals surface area contributed by atoms with E-state index >= 15 is 0 Å². The van der Waals surface area contributed by atoms with Gasteiger partial charge in [0.05, 0.1) is 19.3 Å². The third-order valence-electron chi connectivity index (χ3n) is 3.10. The largest absolute Gasteiger partial charge is 0.492 e. The second-order valence-electron chi connectivity index (χ2n) is 5.09. The van der Waals surface area contributed by atoms with Crippen LogP contribution in [0.4, 0.5) is 28.0 Å². The number of nitrogens with one attached hydrogen (secondary N) is 1. The quantitative estimate of drug-likeness (QED) is 0.202. The average Bonchev–Trinajstić information content (AvgIpc) is 2.63. The maximum absolute atomic E-state index is 14.3. The Morgan fingerprint density at radius 3 is 2.50 bits per heavy atom. The summed E-state index contributed by atoms with van der Waals surface area (Å²) in [5.41, 5.74) is -4.77. The zero-order valence-corrected chi connectivity index (χ0v) is 16.2. The molecule has 0 aliphatic rings. The smallest absolute Gasteiger partial charge is 0.446 e. The summed E-state index contributed by atoms with van der Waals surface area (Å²) in [5, 5.41) is 2.53. The molecule has 0 bridgehead atoms. The van der Waals surface area contributed by atoms with Crippen LogP contribution in [0.3, 0.4) is 0 Å². The van der Waals surface area contributed by atoms with E-state index in [2.05, 4.69) is 5.32 Å². The Morgan fingerprint density at radius 2 is 1.89 bits per heavy atom. The first-order valence-electron chi connectivity index (χ1n) is 7.82. The summed E-state index contributed by atoms with van der Waals surface area (Å²) in [6, 6.07) is 11.1. The molecule has 2 aromatic rings. The number of amides is 2. The van der Waals surface area contributed by atoms with E-state index in [0.717, 1.165) is 16.4 Å². The van der Waals surface area contributed by atoms with Crippen molar-refractivity contribution in [2.24, 2.45) is 0 Å². The summed E-state index contributed by atoms with van der Waals surface area (Å²) in [6.45, 7) is 0.295. The van der Waals surface area contributed by atoms with Crippen molar-refractivity contribution in [2.45, 2.75) is 10.4 Å². The molecule has 0 unspecified atom stereocenters. The van der Waals surface area contributed by atoms with Gasteiger partial charge < -0.3 is 10.1 Å². The van der Waals surface area contributed by atoms with Gasteiger partial charge in [0.25, 0.3) is 0 Å². The van der Waals surface area contributed by atoms with Gasteiger partial charge in [0.1, 0.15) is 30.4 Å². The van der Waals surface area contributed by atoms with Gasteiger partial charge in [-0.3, -0.25) is 4.18 Å². The van der Waals surface area contributed by atoms with E-state index in [-0.39, 0.29) is 23.7 Å². The SMILES string of the molecule is COSN(C(=O)NCCOc1ccccc1)c1ccc(SC(F)(F)F)cc1F. The van der Waals surface area contributed by atoms with E-state index in [1.54, 1.807) is 24.3 Å². The number of ether oxygens (including phenoxy) is 1. The summed E-state index contributed by atoms with van der Waals surface area (Å²) >= 11 is 0.0948. The number of alkyl halides is 3. The van der Waals surface area contributed by atoms with Crippen LogP contribution in [0.1, 0.15) is 0 Å². The lowest BCUT2D eigenvalue weighted by Gasteiger charge is -2.21. The fraction of sp³-hybridized carbons (Fsp3) is 0.235. The molecule has 0 aliphatic carbocycles. The second-order valence-corrected chi connectivity index (χ2v) is 7.08. The van der Waals surface area contributed by atoms with Crippen LogP contribution in [0.2, 0.25) is 0 Å². The van der Waals surface area contributed by atoms with Gasteiger partial charge in [-0.1, -0.05) is 18.2 Å². The van der Waals surface area contributed by atoms with E-state index in [1.807, 2.05) is 6.07 Å². The normalized spacial score (nSPS) is 11.2. The van der Waals surface area contributed by atoms with E-state index in [4.69, 9.17) is 8.92 Å². The number of hydrogen-bond acceptors (Lipinski definition) is 5. The Morgan fingerprint density at radius 1 is 1.18 bits per heavy atom. The molecule has 0 atom stereocenters. The van der Waals surface area contributed by atoms with Crippen LogP contribution < -0.4 is 14.4 Å². The molecule has 28 heavy (non-hydrogen) atoms.